The van der Waals surface area contributed by atoms with E-state index in [1.165, 1.54) is 6.07 Å². The van der Waals surface area contributed by atoms with Crippen molar-refractivity contribution in [3.63, 3.8) is 0 Å². The maximum Gasteiger partial charge on any atom is 0.416 e. The van der Waals surface area contributed by atoms with Crippen molar-refractivity contribution in [3.8, 4) is 0 Å². The Morgan fingerprint density at radius 1 is 1.26 bits per heavy atom. The number of ketones is 1. The molecule has 0 atom stereocenters. The van der Waals surface area contributed by atoms with E-state index < -0.39 is 17.5 Å². The van der Waals surface area contributed by atoms with Crippen molar-refractivity contribution in [2.24, 2.45) is 0 Å². The highest BCUT2D eigenvalue weighted by Crippen LogP contribution is 2.33. The molecule has 0 saturated carbocycles. The third kappa shape index (κ3) is 2.74. The molecule has 0 aliphatic rings. The van der Waals surface area contributed by atoms with E-state index in [1.807, 2.05) is 0 Å². The summed E-state index contributed by atoms with van der Waals surface area (Å²) in [5.41, 5.74) is 4.44. The number of thiophene rings is 1. The average Bonchev–Trinajstić information content (AvgIpc) is 2.73. The number of nitrogens with two attached hydrogens (primary N) is 1. The van der Waals surface area contributed by atoms with Gasteiger partial charge >= 0.3 is 6.18 Å². The summed E-state index contributed by atoms with van der Waals surface area (Å²) in [7, 11) is 0. The minimum atomic E-state index is -4.53. The van der Waals surface area contributed by atoms with Gasteiger partial charge in [0, 0.05) is 11.3 Å². The highest BCUT2D eigenvalue weighted by atomic mass is 35.5. The first kappa shape index (κ1) is 13.9. The number of carbonyl (C=O) groups excluding carboxylic acids is 1. The SMILES string of the molecule is Nc1ccc(C(F)(F)F)cc1C(=O)c1sccc1Cl. The van der Waals surface area contributed by atoms with Crippen molar-refractivity contribution in [1.82, 2.24) is 0 Å². The fraction of sp³-hybridized carbons (Fsp3) is 0.0833. The number of benzene rings is 1. The lowest BCUT2D eigenvalue weighted by Gasteiger charge is -2.10. The minimum absolute atomic E-state index is 0.0116. The van der Waals surface area contributed by atoms with Gasteiger partial charge in [-0.3, -0.25) is 4.79 Å². The summed E-state index contributed by atoms with van der Waals surface area (Å²) >= 11 is 6.85. The zero-order valence-electron chi connectivity index (χ0n) is 9.29. The lowest BCUT2D eigenvalue weighted by Crippen LogP contribution is -2.10. The highest BCUT2D eigenvalue weighted by molar-refractivity contribution is 7.13. The van der Waals surface area contributed by atoms with Gasteiger partial charge in [0.2, 0.25) is 5.78 Å². The molecule has 0 fully saturated rings. The third-order valence-corrected chi connectivity index (χ3v) is 3.79. The molecule has 0 amide bonds. The Hall–Kier alpha value is -1.53. The molecule has 7 heteroatoms. The van der Waals surface area contributed by atoms with Crippen molar-refractivity contribution in [1.29, 1.82) is 0 Å². The predicted molar refractivity (Wildman–Crippen MR) is 68.6 cm³/mol. The van der Waals surface area contributed by atoms with Gasteiger partial charge in [0.1, 0.15) is 0 Å². The summed E-state index contributed by atoms with van der Waals surface area (Å²) in [6.07, 6.45) is -4.53. The van der Waals surface area contributed by atoms with Gasteiger partial charge in [-0.2, -0.15) is 13.2 Å². The second-order valence-corrected chi connectivity index (χ2v) is 5.05. The van der Waals surface area contributed by atoms with Crippen LogP contribution in [0.1, 0.15) is 20.8 Å². The Labute approximate surface area is 115 Å². The summed E-state index contributed by atoms with van der Waals surface area (Å²) in [5.74, 6) is -0.608. The van der Waals surface area contributed by atoms with Crippen LogP contribution >= 0.6 is 22.9 Å². The molecule has 0 spiro atoms. The molecule has 100 valence electrons. The Morgan fingerprint density at radius 2 is 1.95 bits per heavy atom. The van der Waals surface area contributed by atoms with Gasteiger partial charge < -0.3 is 5.73 Å². The van der Waals surface area contributed by atoms with Gasteiger partial charge in [0.15, 0.2) is 0 Å². The number of rotatable bonds is 2. The van der Waals surface area contributed by atoms with Crippen LogP contribution in [0.5, 0.6) is 0 Å². The fourth-order valence-corrected chi connectivity index (χ4v) is 2.60. The number of alkyl halides is 3. The standard InChI is InChI=1S/C12H7ClF3NOS/c13-8-3-4-19-11(8)10(18)7-5-6(12(14,15)16)1-2-9(7)17/h1-5H,17H2. The number of halogens is 4. The number of hydrogen-bond donors (Lipinski definition) is 1. The van der Waals surface area contributed by atoms with E-state index in [1.54, 1.807) is 5.38 Å². The van der Waals surface area contributed by atoms with E-state index >= 15 is 0 Å². The quantitative estimate of drug-likeness (QED) is 0.666. The average molecular weight is 306 g/mol. The van der Waals surface area contributed by atoms with E-state index in [9.17, 15) is 18.0 Å². The van der Waals surface area contributed by atoms with E-state index in [2.05, 4.69) is 0 Å². The lowest BCUT2D eigenvalue weighted by atomic mass is 10.0. The molecule has 0 radical (unpaired) electrons. The van der Waals surface area contributed by atoms with Crippen LogP contribution in [0.2, 0.25) is 5.02 Å². The molecule has 0 saturated heterocycles. The van der Waals surface area contributed by atoms with Crippen LogP contribution in [0, 0.1) is 0 Å². The molecule has 0 bridgehead atoms. The summed E-state index contributed by atoms with van der Waals surface area (Å²) in [6.45, 7) is 0. The molecule has 1 heterocycles. The van der Waals surface area contributed by atoms with Gasteiger partial charge in [-0.1, -0.05) is 11.6 Å². The maximum absolute atomic E-state index is 12.6. The Bertz CT molecular complexity index is 636. The Kier molecular flexibility index (Phi) is 3.56. The first-order valence-corrected chi connectivity index (χ1v) is 6.31. The zero-order valence-corrected chi connectivity index (χ0v) is 10.9. The summed E-state index contributed by atoms with van der Waals surface area (Å²) < 4.78 is 37.8. The predicted octanol–water partition coefficient (Wildman–Crippen LogP) is 4.23. The molecular weight excluding hydrogens is 299 g/mol. The topological polar surface area (TPSA) is 43.1 Å². The second kappa shape index (κ2) is 4.86. The van der Waals surface area contributed by atoms with Crippen molar-refractivity contribution < 1.29 is 18.0 Å². The van der Waals surface area contributed by atoms with Crippen LogP contribution in [0.4, 0.5) is 18.9 Å². The molecule has 2 aromatic rings. The van der Waals surface area contributed by atoms with E-state index in [0.717, 1.165) is 29.5 Å². The minimum Gasteiger partial charge on any atom is -0.398 e. The van der Waals surface area contributed by atoms with E-state index in [4.69, 9.17) is 17.3 Å². The molecule has 0 aliphatic heterocycles. The van der Waals surface area contributed by atoms with Crippen molar-refractivity contribution in [3.05, 3.63) is 50.7 Å². The summed E-state index contributed by atoms with van der Waals surface area (Å²) in [6, 6.07) is 4.15. The Morgan fingerprint density at radius 3 is 2.47 bits per heavy atom. The first-order valence-electron chi connectivity index (χ1n) is 5.05. The third-order valence-electron chi connectivity index (χ3n) is 2.45. The van der Waals surface area contributed by atoms with Gasteiger partial charge in [0.25, 0.3) is 0 Å². The van der Waals surface area contributed by atoms with Gasteiger partial charge in [-0.15, -0.1) is 11.3 Å². The molecule has 1 aromatic heterocycles. The molecule has 1 aromatic carbocycles. The van der Waals surface area contributed by atoms with E-state index in [0.29, 0.717) is 0 Å². The number of nitrogen functional groups attached to an aromatic ring is 1. The summed E-state index contributed by atoms with van der Waals surface area (Å²) in [4.78, 5) is 12.3. The number of anilines is 1. The van der Waals surface area contributed by atoms with Gasteiger partial charge in [-0.25, -0.2) is 0 Å². The van der Waals surface area contributed by atoms with Crippen LogP contribution in [-0.2, 0) is 6.18 Å². The molecule has 2 rings (SSSR count). The molecular formula is C12H7ClF3NOS. The smallest absolute Gasteiger partial charge is 0.398 e. The molecule has 2 nitrogen and oxygen atoms in total. The zero-order chi connectivity index (χ0) is 14.2. The largest absolute Gasteiger partial charge is 0.416 e. The van der Waals surface area contributed by atoms with E-state index in [-0.39, 0.29) is 21.2 Å². The van der Waals surface area contributed by atoms with Gasteiger partial charge in [0.05, 0.1) is 15.5 Å². The van der Waals surface area contributed by atoms with Crippen LogP contribution in [-0.4, -0.2) is 5.78 Å². The number of carbonyl (C=O) groups is 1. The Balaban J connectivity index is 2.51. The van der Waals surface area contributed by atoms with Crippen LogP contribution in [0.3, 0.4) is 0 Å². The van der Waals surface area contributed by atoms with Gasteiger partial charge in [-0.05, 0) is 29.6 Å². The summed E-state index contributed by atoms with van der Waals surface area (Å²) in [5, 5.41) is 1.78. The number of hydrogen-bond acceptors (Lipinski definition) is 3. The molecule has 0 unspecified atom stereocenters. The molecule has 2 N–H and O–H groups in total. The van der Waals surface area contributed by atoms with Crippen molar-refractivity contribution in [2.45, 2.75) is 6.18 Å². The first-order chi connectivity index (χ1) is 8.80. The maximum atomic E-state index is 12.6. The van der Waals surface area contributed by atoms with Crippen molar-refractivity contribution >= 4 is 34.4 Å². The fourth-order valence-electron chi connectivity index (χ4n) is 1.51. The highest BCUT2D eigenvalue weighted by Gasteiger charge is 2.32. The molecule has 0 aliphatic carbocycles. The second-order valence-electron chi connectivity index (χ2n) is 3.73. The molecule has 19 heavy (non-hydrogen) atoms. The van der Waals surface area contributed by atoms with Crippen LogP contribution in [0.15, 0.2) is 29.6 Å². The van der Waals surface area contributed by atoms with Crippen LogP contribution < -0.4 is 5.73 Å². The normalized spacial score (nSPS) is 11.6. The lowest BCUT2D eigenvalue weighted by molar-refractivity contribution is -0.137. The monoisotopic (exact) mass is 305 g/mol. The van der Waals surface area contributed by atoms with Crippen LogP contribution in [0.25, 0.3) is 0 Å². The van der Waals surface area contributed by atoms with Crippen molar-refractivity contribution in [2.75, 3.05) is 5.73 Å².